The molecule has 0 unspecified atom stereocenters. The van der Waals surface area contributed by atoms with Crippen LogP contribution in [-0.4, -0.2) is 0 Å². The van der Waals surface area contributed by atoms with Gasteiger partial charge in [0.05, 0.1) is 0 Å². The second-order valence-electron chi connectivity index (χ2n) is 1.30. The summed E-state index contributed by atoms with van der Waals surface area (Å²) >= 11 is 12.5. The molecule has 0 spiro atoms. The van der Waals surface area contributed by atoms with E-state index in [1.54, 1.807) is 0 Å². The lowest BCUT2D eigenvalue weighted by Crippen LogP contribution is -1.96. The maximum atomic E-state index is 5.08. The summed E-state index contributed by atoms with van der Waals surface area (Å²) in [5.41, 5.74) is 0. The molecule has 0 amide bonds. The lowest BCUT2D eigenvalue weighted by molar-refractivity contribution is 0.262. The fraction of sp³-hybridized carbons (Fsp3) is 0. The summed E-state index contributed by atoms with van der Waals surface area (Å²) in [7, 11) is 0. The minimum atomic E-state index is 0.502. The molecule has 1 aliphatic heterocycles. The van der Waals surface area contributed by atoms with Gasteiger partial charge in [0, 0.05) is 0 Å². The lowest BCUT2D eigenvalue weighted by Gasteiger charge is -2.13. The van der Waals surface area contributed by atoms with Gasteiger partial charge in [-0.05, 0) is 63.7 Å². The average molecular weight is 400 g/mol. The van der Waals surface area contributed by atoms with E-state index in [-0.39, 0.29) is 0 Å². The van der Waals surface area contributed by atoms with Gasteiger partial charge in [0.2, 0.25) is 18.7 Å². The van der Waals surface area contributed by atoms with E-state index in [0.717, 1.165) is 0 Å². The van der Waals surface area contributed by atoms with Crippen LogP contribution in [0.3, 0.4) is 0 Å². The van der Waals surface area contributed by atoms with Gasteiger partial charge in [0.15, 0.2) is 0 Å². The third-order valence-electron chi connectivity index (χ3n) is 0.667. The SMILES string of the molecule is BrC1=C(Br)OC(Br)=C(Br)O1. The highest BCUT2D eigenvalue weighted by Crippen LogP contribution is 2.36. The number of rotatable bonds is 0. The Hall–Kier alpha value is 1.000. The van der Waals surface area contributed by atoms with Crippen LogP contribution in [0.15, 0.2) is 18.7 Å². The van der Waals surface area contributed by atoms with E-state index in [2.05, 4.69) is 63.7 Å². The van der Waals surface area contributed by atoms with Gasteiger partial charge >= 0.3 is 0 Å². The molecule has 6 heteroatoms. The molecule has 0 saturated heterocycles. The first kappa shape index (κ1) is 9.09. The Labute approximate surface area is 91.1 Å². The van der Waals surface area contributed by atoms with Gasteiger partial charge in [-0.15, -0.1) is 0 Å². The summed E-state index contributed by atoms with van der Waals surface area (Å²) in [6.45, 7) is 0. The zero-order valence-corrected chi connectivity index (χ0v) is 10.7. The van der Waals surface area contributed by atoms with Gasteiger partial charge in [-0.2, -0.15) is 0 Å². The first-order valence-electron chi connectivity index (χ1n) is 2.07. The predicted octanol–water partition coefficient (Wildman–Crippen LogP) is 3.87. The molecule has 1 aliphatic rings. The van der Waals surface area contributed by atoms with E-state index in [4.69, 9.17) is 9.47 Å². The second kappa shape index (κ2) is 3.60. The molecule has 1 heterocycles. The van der Waals surface area contributed by atoms with Crippen LogP contribution in [-0.2, 0) is 9.47 Å². The Kier molecular flexibility index (Phi) is 3.27. The van der Waals surface area contributed by atoms with Crippen molar-refractivity contribution in [2.45, 2.75) is 0 Å². The van der Waals surface area contributed by atoms with Gasteiger partial charge in [-0.25, -0.2) is 0 Å². The molecule has 1 rings (SSSR count). The van der Waals surface area contributed by atoms with E-state index in [1.165, 1.54) is 0 Å². The van der Waals surface area contributed by atoms with Crippen molar-refractivity contribution in [3.63, 3.8) is 0 Å². The minimum absolute atomic E-state index is 0.502. The van der Waals surface area contributed by atoms with Gasteiger partial charge in [-0.1, -0.05) is 0 Å². The van der Waals surface area contributed by atoms with Crippen LogP contribution in [0.25, 0.3) is 0 Å². The van der Waals surface area contributed by atoms with Crippen LogP contribution in [0.2, 0.25) is 0 Å². The van der Waals surface area contributed by atoms with E-state index in [1.807, 2.05) is 0 Å². The number of hydrogen-bond donors (Lipinski definition) is 0. The molecule has 0 atom stereocenters. The topological polar surface area (TPSA) is 18.5 Å². The zero-order chi connectivity index (χ0) is 7.72. The summed E-state index contributed by atoms with van der Waals surface area (Å²) in [4.78, 5) is 0. The van der Waals surface area contributed by atoms with Crippen molar-refractivity contribution in [2.75, 3.05) is 0 Å². The standard InChI is InChI=1S/C4Br4O2/c5-1-2(6)10-4(8)3(7)9-1. The van der Waals surface area contributed by atoms with E-state index in [0.29, 0.717) is 18.7 Å². The lowest BCUT2D eigenvalue weighted by atomic mass is 10.9. The highest BCUT2D eigenvalue weighted by Gasteiger charge is 2.17. The smallest absolute Gasteiger partial charge is 0.220 e. The van der Waals surface area contributed by atoms with Crippen molar-refractivity contribution in [1.29, 1.82) is 0 Å². The monoisotopic (exact) mass is 396 g/mol. The van der Waals surface area contributed by atoms with E-state index in [9.17, 15) is 0 Å². The highest BCUT2D eigenvalue weighted by atomic mass is 79.9. The van der Waals surface area contributed by atoms with Gasteiger partial charge < -0.3 is 9.47 Å². The fourth-order valence-corrected chi connectivity index (χ4v) is 1.72. The van der Waals surface area contributed by atoms with Crippen molar-refractivity contribution in [3.05, 3.63) is 18.7 Å². The summed E-state index contributed by atoms with van der Waals surface area (Å²) in [5.74, 6) is 0. The van der Waals surface area contributed by atoms with Crippen molar-refractivity contribution in [1.82, 2.24) is 0 Å². The van der Waals surface area contributed by atoms with E-state index < -0.39 is 0 Å². The summed E-state index contributed by atoms with van der Waals surface area (Å²) in [6.07, 6.45) is 0. The normalized spacial score (nSPS) is 18.8. The largest absolute Gasteiger partial charge is 0.433 e. The molecule has 0 aromatic heterocycles. The third-order valence-corrected chi connectivity index (χ3v) is 3.82. The molecular formula is C4Br4O2. The zero-order valence-electron chi connectivity index (χ0n) is 4.33. The van der Waals surface area contributed by atoms with E-state index >= 15 is 0 Å². The van der Waals surface area contributed by atoms with Crippen LogP contribution in [0.1, 0.15) is 0 Å². The third kappa shape index (κ3) is 1.99. The van der Waals surface area contributed by atoms with Crippen molar-refractivity contribution < 1.29 is 9.47 Å². The number of halogens is 4. The summed E-state index contributed by atoms with van der Waals surface area (Å²) < 4.78 is 12.2. The van der Waals surface area contributed by atoms with Crippen LogP contribution in [0, 0.1) is 0 Å². The molecule has 0 fully saturated rings. The Morgan fingerprint density at radius 1 is 0.600 bits per heavy atom. The fourth-order valence-electron chi connectivity index (χ4n) is 0.318. The van der Waals surface area contributed by atoms with Crippen molar-refractivity contribution >= 4 is 63.7 Å². The highest BCUT2D eigenvalue weighted by molar-refractivity contribution is 9.15. The molecule has 0 radical (unpaired) electrons. The summed E-state index contributed by atoms with van der Waals surface area (Å²) in [5, 5.41) is 0. The average Bonchev–Trinajstić information content (AvgIpc) is 1.84. The molecule has 2 nitrogen and oxygen atoms in total. The van der Waals surface area contributed by atoms with Crippen LogP contribution in [0.5, 0.6) is 0 Å². The van der Waals surface area contributed by atoms with Gasteiger partial charge in [-0.3, -0.25) is 0 Å². The Morgan fingerprint density at radius 2 is 0.800 bits per heavy atom. The van der Waals surface area contributed by atoms with Gasteiger partial charge in [0.1, 0.15) is 0 Å². The maximum Gasteiger partial charge on any atom is 0.220 e. The molecule has 56 valence electrons. The molecular weight excluding hydrogens is 400 g/mol. The Bertz CT molecular complexity index is 175. The first-order chi connectivity index (χ1) is 4.61. The molecule has 0 aromatic carbocycles. The second-order valence-corrected chi connectivity index (χ2v) is 4.18. The molecule has 0 aliphatic carbocycles. The summed E-state index contributed by atoms with van der Waals surface area (Å²) in [6, 6.07) is 0. The Morgan fingerprint density at radius 3 is 1.00 bits per heavy atom. The molecule has 10 heavy (non-hydrogen) atoms. The number of ether oxygens (including phenoxy) is 2. The van der Waals surface area contributed by atoms with Crippen LogP contribution < -0.4 is 0 Å². The first-order valence-corrected chi connectivity index (χ1v) is 5.24. The quantitative estimate of drug-likeness (QED) is 0.616. The van der Waals surface area contributed by atoms with Crippen LogP contribution >= 0.6 is 63.7 Å². The van der Waals surface area contributed by atoms with Crippen LogP contribution in [0.4, 0.5) is 0 Å². The van der Waals surface area contributed by atoms with Gasteiger partial charge in [0.25, 0.3) is 0 Å². The molecule has 0 bridgehead atoms. The Balaban J connectivity index is 2.81. The van der Waals surface area contributed by atoms with Crippen molar-refractivity contribution in [2.24, 2.45) is 0 Å². The predicted molar refractivity (Wildman–Crippen MR) is 51.9 cm³/mol. The van der Waals surface area contributed by atoms with Crippen molar-refractivity contribution in [3.8, 4) is 0 Å². The molecule has 0 N–H and O–H groups in total. The molecule has 0 aromatic rings. The maximum absolute atomic E-state index is 5.08. The molecule has 0 saturated carbocycles. The minimum Gasteiger partial charge on any atom is -0.433 e. The number of hydrogen-bond acceptors (Lipinski definition) is 2.